The lowest BCUT2D eigenvalue weighted by atomic mass is 10.0. The van der Waals surface area contributed by atoms with Crippen LogP contribution >= 0.6 is 0 Å². The fourth-order valence-corrected chi connectivity index (χ4v) is 2.60. The number of hydrogen-bond acceptors (Lipinski definition) is 3. The Kier molecular flexibility index (Phi) is 5.56. The topological polar surface area (TPSA) is 41.6 Å². The molecule has 1 amide bonds. The van der Waals surface area contributed by atoms with Crippen LogP contribution in [-0.4, -0.2) is 38.3 Å². The number of carbonyl (C=O) groups excluding carboxylic acids is 1. The predicted octanol–water partition coefficient (Wildman–Crippen LogP) is 2.05. The highest BCUT2D eigenvalue weighted by atomic mass is 16.5. The van der Waals surface area contributed by atoms with Crippen molar-refractivity contribution in [3.05, 3.63) is 30.3 Å². The van der Waals surface area contributed by atoms with Crippen LogP contribution in [0.2, 0.25) is 0 Å². The van der Waals surface area contributed by atoms with Crippen LogP contribution in [0, 0.1) is 5.92 Å². The largest absolute Gasteiger partial charge is 0.379 e. The summed E-state index contributed by atoms with van der Waals surface area (Å²) in [7, 11) is 0. The molecule has 1 N–H and O–H groups in total. The van der Waals surface area contributed by atoms with Crippen molar-refractivity contribution in [2.45, 2.75) is 26.3 Å². The molecule has 2 unspecified atom stereocenters. The van der Waals surface area contributed by atoms with Crippen LogP contribution in [0.5, 0.6) is 0 Å². The van der Waals surface area contributed by atoms with E-state index in [9.17, 15) is 4.79 Å². The highest BCUT2D eigenvalue weighted by Gasteiger charge is 2.36. The zero-order valence-electron chi connectivity index (χ0n) is 12.3. The van der Waals surface area contributed by atoms with Crippen molar-refractivity contribution in [3.63, 3.8) is 0 Å². The molecule has 4 heteroatoms. The third kappa shape index (κ3) is 3.38. The van der Waals surface area contributed by atoms with Gasteiger partial charge in [0, 0.05) is 18.3 Å². The Bertz CT molecular complexity index is 422. The Morgan fingerprint density at radius 2 is 2.05 bits per heavy atom. The number of amides is 1. The van der Waals surface area contributed by atoms with E-state index in [0.717, 1.165) is 18.7 Å². The summed E-state index contributed by atoms with van der Waals surface area (Å²) in [4.78, 5) is 14.6. The van der Waals surface area contributed by atoms with Gasteiger partial charge in [-0.05, 0) is 32.0 Å². The van der Waals surface area contributed by atoms with Crippen LogP contribution in [0.4, 0.5) is 5.69 Å². The van der Waals surface area contributed by atoms with E-state index in [2.05, 4.69) is 12.2 Å². The van der Waals surface area contributed by atoms with E-state index in [1.807, 2.05) is 42.2 Å². The Hall–Kier alpha value is -1.39. The van der Waals surface area contributed by atoms with Crippen LogP contribution in [0.3, 0.4) is 0 Å². The highest BCUT2D eigenvalue weighted by molar-refractivity contribution is 5.95. The van der Waals surface area contributed by atoms with Crippen LogP contribution in [0.1, 0.15) is 20.3 Å². The predicted molar refractivity (Wildman–Crippen MR) is 80.9 cm³/mol. The lowest BCUT2D eigenvalue weighted by molar-refractivity contribution is -0.122. The van der Waals surface area contributed by atoms with E-state index in [-0.39, 0.29) is 17.9 Å². The number of hydrogen-bond donors (Lipinski definition) is 1. The summed E-state index contributed by atoms with van der Waals surface area (Å²) in [5.74, 6) is 0.0755. The van der Waals surface area contributed by atoms with E-state index in [1.165, 1.54) is 0 Å². The molecule has 0 aromatic heterocycles. The molecule has 110 valence electrons. The molecule has 0 spiro atoms. The van der Waals surface area contributed by atoms with E-state index >= 15 is 0 Å². The molecule has 4 nitrogen and oxygen atoms in total. The average molecular weight is 276 g/mol. The molecule has 0 saturated carbocycles. The maximum Gasteiger partial charge on any atom is 0.234 e. The number of para-hydroxylation sites is 1. The molecular weight excluding hydrogens is 252 g/mol. The second kappa shape index (κ2) is 7.41. The van der Waals surface area contributed by atoms with E-state index < -0.39 is 0 Å². The van der Waals surface area contributed by atoms with Gasteiger partial charge in [-0.2, -0.15) is 0 Å². The first-order valence-corrected chi connectivity index (χ1v) is 7.45. The summed E-state index contributed by atoms with van der Waals surface area (Å²) in [6.07, 6.45) is 1.06. The van der Waals surface area contributed by atoms with Crippen LogP contribution < -0.4 is 10.2 Å². The second-order valence-corrected chi connectivity index (χ2v) is 5.12. The first-order chi connectivity index (χ1) is 9.77. The quantitative estimate of drug-likeness (QED) is 0.864. The van der Waals surface area contributed by atoms with E-state index in [0.29, 0.717) is 19.8 Å². The lowest BCUT2D eigenvalue weighted by Crippen LogP contribution is -2.46. The average Bonchev–Trinajstić information content (AvgIpc) is 2.95. The Morgan fingerprint density at radius 1 is 1.30 bits per heavy atom. The molecule has 1 aromatic rings. The summed E-state index contributed by atoms with van der Waals surface area (Å²) in [5, 5.41) is 3.42. The number of benzene rings is 1. The molecule has 1 aliphatic rings. The van der Waals surface area contributed by atoms with Gasteiger partial charge >= 0.3 is 0 Å². The first-order valence-electron chi connectivity index (χ1n) is 7.45. The molecule has 1 saturated heterocycles. The lowest BCUT2D eigenvalue weighted by Gasteiger charge is -2.27. The summed E-state index contributed by atoms with van der Waals surface area (Å²) in [6, 6.07) is 9.98. The van der Waals surface area contributed by atoms with Gasteiger partial charge in [0.1, 0.15) is 0 Å². The van der Waals surface area contributed by atoms with Gasteiger partial charge in [-0.1, -0.05) is 25.1 Å². The van der Waals surface area contributed by atoms with E-state index in [1.54, 1.807) is 0 Å². The van der Waals surface area contributed by atoms with Crippen molar-refractivity contribution in [3.8, 4) is 0 Å². The molecular formula is C16H24N2O2. The molecule has 1 aliphatic heterocycles. The maximum absolute atomic E-state index is 12.8. The van der Waals surface area contributed by atoms with Gasteiger partial charge in [-0.15, -0.1) is 0 Å². The summed E-state index contributed by atoms with van der Waals surface area (Å²) < 4.78 is 5.51. The van der Waals surface area contributed by atoms with E-state index in [4.69, 9.17) is 4.74 Å². The summed E-state index contributed by atoms with van der Waals surface area (Å²) in [6.45, 7) is 6.89. The first kappa shape index (κ1) is 15.0. The smallest absolute Gasteiger partial charge is 0.234 e. The molecule has 2 atom stereocenters. The third-order valence-electron chi connectivity index (χ3n) is 3.70. The minimum Gasteiger partial charge on any atom is -0.379 e. The van der Waals surface area contributed by atoms with Gasteiger partial charge in [-0.25, -0.2) is 0 Å². The monoisotopic (exact) mass is 276 g/mol. The van der Waals surface area contributed by atoms with Gasteiger partial charge in [0.25, 0.3) is 0 Å². The molecule has 2 rings (SSSR count). The third-order valence-corrected chi connectivity index (χ3v) is 3.70. The normalized spacial score (nSPS) is 21.9. The fraction of sp³-hybridized carbons (Fsp3) is 0.562. The van der Waals surface area contributed by atoms with Crippen molar-refractivity contribution >= 4 is 11.6 Å². The molecule has 1 fully saturated rings. The van der Waals surface area contributed by atoms with Crippen molar-refractivity contribution < 1.29 is 9.53 Å². The van der Waals surface area contributed by atoms with Gasteiger partial charge in [0.15, 0.2) is 0 Å². The summed E-state index contributed by atoms with van der Waals surface area (Å²) in [5.41, 5.74) is 0.959. The zero-order valence-corrected chi connectivity index (χ0v) is 12.3. The Morgan fingerprint density at radius 3 is 2.70 bits per heavy atom. The minimum atomic E-state index is -0.0818. The highest BCUT2D eigenvalue weighted by Crippen LogP contribution is 2.21. The maximum atomic E-state index is 12.8. The minimum absolute atomic E-state index is 0.0818. The zero-order chi connectivity index (χ0) is 14.4. The van der Waals surface area contributed by atoms with Crippen LogP contribution in [-0.2, 0) is 9.53 Å². The number of anilines is 1. The van der Waals surface area contributed by atoms with Gasteiger partial charge in [-0.3, -0.25) is 4.79 Å². The number of rotatable bonds is 6. The molecule has 0 aliphatic carbocycles. The second-order valence-electron chi connectivity index (χ2n) is 5.12. The molecule has 1 heterocycles. The standard InChI is InChI=1S/C16H24N2O2/c1-3-10-17-15-12-20-11-14(15)16(19)18(4-2)13-8-6-5-7-9-13/h5-9,14-15,17H,3-4,10-12H2,1-2H3. The van der Waals surface area contributed by atoms with Crippen molar-refractivity contribution in [1.82, 2.24) is 5.32 Å². The van der Waals surface area contributed by atoms with Gasteiger partial charge in [0.05, 0.1) is 19.1 Å². The number of carbonyl (C=O) groups is 1. The summed E-state index contributed by atoms with van der Waals surface area (Å²) >= 11 is 0. The molecule has 20 heavy (non-hydrogen) atoms. The van der Waals surface area contributed by atoms with Crippen molar-refractivity contribution in [2.24, 2.45) is 5.92 Å². The molecule has 0 bridgehead atoms. The fourth-order valence-electron chi connectivity index (χ4n) is 2.60. The SMILES string of the molecule is CCCNC1COCC1C(=O)N(CC)c1ccccc1. The van der Waals surface area contributed by atoms with Crippen LogP contribution in [0.15, 0.2) is 30.3 Å². The van der Waals surface area contributed by atoms with Gasteiger partial charge in [0.2, 0.25) is 5.91 Å². The number of ether oxygens (including phenoxy) is 1. The van der Waals surface area contributed by atoms with Crippen molar-refractivity contribution in [2.75, 3.05) is 31.2 Å². The van der Waals surface area contributed by atoms with Crippen molar-refractivity contribution in [1.29, 1.82) is 0 Å². The Labute approximate surface area is 121 Å². The van der Waals surface area contributed by atoms with Crippen LogP contribution in [0.25, 0.3) is 0 Å². The number of nitrogens with one attached hydrogen (secondary N) is 1. The van der Waals surface area contributed by atoms with Gasteiger partial charge < -0.3 is 15.0 Å². The molecule has 0 radical (unpaired) electrons. The Balaban J connectivity index is 2.08. The molecule has 1 aromatic carbocycles. The number of nitrogens with zero attached hydrogens (tertiary/aromatic N) is 1.